The molecule has 1 N–H and O–H groups in total. The van der Waals surface area contributed by atoms with Crippen molar-refractivity contribution in [3.8, 4) is 0 Å². The van der Waals surface area contributed by atoms with E-state index >= 15 is 0 Å². The molecular formula is C19H22ClN3O3S. The molecular weight excluding hydrogens is 386 g/mol. The van der Waals surface area contributed by atoms with Crippen molar-refractivity contribution in [3.05, 3.63) is 58.4 Å². The van der Waals surface area contributed by atoms with E-state index in [2.05, 4.69) is 10.4 Å². The summed E-state index contributed by atoms with van der Waals surface area (Å²) < 4.78 is 25.0. The van der Waals surface area contributed by atoms with E-state index in [1.54, 1.807) is 17.7 Å². The van der Waals surface area contributed by atoms with E-state index in [9.17, 15) is 13.2 Å². The topological polar surface area (TPSA) is 81.1 Å². The van der Waals surface area contributed by atoms with Crippen molar-refractivity contribution < 1.29 is 13.2 Å². The molecule has 1 aromatic heterocycles. The molecule has 1 amide bonds. The van der Waals surface area contributed by atoms with Crippen LogP contribution in [-0.2, 0) is 14.6 Å². The van der Waals surface area contributed by atoms with Crippen molar-refractivity contribution in [2.24, 2.45) is 0 Å². The lowest BCUT2D eigenvalue weighted by Gasteiger charge is -2.12. The van der Waals surface area contributed by atoms with Gasteiger partial charge in [0.2, 0.25) is 5.91 Å². The number of hydrogen-bond donors (Lipinski definition) is 1. The number of nitrogens with zero attached hydrogens (tertiary/aromatic N) is 2. The summed E-state index contributed by atoms with van der Waals surface area (Å²) in [5.74, 6) is -0.0396. The molecule has 0 unspecified atom stereocenters. The predicted octanol–water partition coefficient (Wildman–Crippen LogP) is 3.10. The third-order valence-corrected chi connectivity index (χ3v) is 6.81. The number of sulfone groups is 1. The molecule has 6 nitrogen and oxygen atoms in total. The van der Waals surface area contributed by atoms with E-state index in [-0.39, 0.29) is 29.5 Å². The standard InChI is InChI=1S/C19H22ClN3O3S/c1-13(15-6-4-3-5-7-15)21-18(24)9-8-17-14(2)22-23(19(17)20)16-10-11-27(25,26)12-16/h3-9,13,16H,10-12H2,1-2H3,(H,21,24)/b9-8+/t13-,16-/m0/s1. The summed E-state index contributed by atoms with van der Waals surface area (Å²) in [5, 5.41) is 7.64. The molecule has 2 aromatic rings. The molecule has 2 heterocycles. The van der Waals surface area contributed by atoms with Crippen molar-refractivity contribution in [2.75, 3.05) is 11.5 Å². The second-order valence-electron chi connectivity index (χ2n) is 6.77. The van der Waals surface area contributed by atoms with Crippen LogP contribution < -0.4 is 5.32 Å². The molecule has 0 radical (unpaired) electrons. The molecule has 0 saturated carbocycles. The summed E-state index contributed by atoms with van der Waals surface area (Å²) in [6.45, 7) is 3.70. The zero-order valence-corrected chi connectivity index (χ0v) is 16.8. The Bertz CT molecular complexity index is 968. The average molecular weight is 408 g/mol. The Labute approximate surface area is 164 Å². The maximum absolute atomic E-state index is 12.2. The van der Waals surface area contributed by atoms with Gasteiger partial charge in [-0.15, -0.1) is 0 Å². The first-order chi connectivity index (χ1) is 12.8. The fourth-order valence-corrected chi connectivity index (χ4v) is 5.24. The van der Waals surface area contributed by atoms with E-state index in [1.807, 2.05) is 37.3 Å². The largest absolute Gasteiger partial charge is 0.346 e. The Morgan fingerprint density at radius 2 is 2.07 bits per heavy atom. The Morgan fingerprint density at radius 3 is 2.70 bits per heavy atom. The number of aromatic nitrogens is 2. The number of halogens is 1. The zero-order chi connectivity index (χ0) is 19.6. The summed E-state index contributed by atoms with van der Waals surface area (Å²) in [7, 11) is -3.03. The minimum Gasteiger partial charge on any atom is -0.346 e. The number of nitrogens with one attached hydrogen (secondary N) is 1. The van der Waals surface area contributed by atoms with Crippen LogP contribution in [0.5, 0.6) is 0 Å². The maximum Gasteiger partial charge on any atom is 0.244 e. The molecule has 0 bridgehead atoms. The number of hydrogen-bond acceptors (Lipinski definition) is 4. The van der Waals surface area contributed by atoms with Crippen LogP contribution in [-0.4, -0.2) is 35.6 Å². The maximum atomic E-state index is 12.2. The molecule has 2 atom stereocenters. The molecule has 3 rings (SSSR count). The van der Waals surface area contributed by atoms with Gasteiger partial charge in [0.25, 0.3) is 0 Å². The van der Waals surface area contributed by atoms with Gasteiger partial charge in [-0.25, -0.2) is 13.1 Å². The van der Waals surface area contributed by atoms with Crippen molar-refractivity contribution >= 4 is 33.4 Å². The highest BCUT2D eigenvalue weighted by molar-refractivity contribution is 7.91. The Balaban J connectivity index is 1.71. The predicted molar refractivity (Wildman–Crippen MR) is 106 cm³/mol. The second kappa shape index (κ2) is 7.86. The number of carbonyl (C=O) groups excluding carboxylic acids is 1. The highest BCUT2D eigenvalue weighted by Gasteiger charge is 2.31. The quantitative estimate of drug-likeness (QED) is 0.772. The van der Waals surface area contributed by atoms with Crippen LogP contribution in [0, 0.1) is 6.92 Å². The molecule has 1 aromatic carbocycles. The molecule has 1 aliphatic heterocycles. The first-order valence-corrected chi connectivity index (χ1v) is 11.0. The summed E-state index contributed by atoms with van der Waals surface area (Å²) in [5.41, 5.74) is 2.30. The molecule has 144 valence electrons. The second-order valence-corrected chi connectivity index (χ2v) is 9.35. The summed E-state index contributed by atoms with van der Waals surface area (Å²) in [6.07, 6.45) is 3.55. The minimum atomic E-state index is -3.03. The molecule has 1 fully saturated rings. The van der Waals surface area contributed by atoms with Gasteiger partial charge in [0.05, 0.1) is 29.3 Å². The van der Waals surface area contributed by atoms with Crippen molar-refractivity contribution in [3.63, 3.8) is 0 Å². The van der Waals surface area contributed by atoms with Crippen LogP contribution in [0.15, 0.2) is 36.4 Å². The van der Waals surface area contributed by atoms with Crippen molar-refractivity contribution in [2.45, 2.75) is 32.4 Å². The minimum absolute atomic E-state index is 0.0477. The lowest BCUT2D eigenvalue weighted by molar-refractivity contribution is -0.117. The third kappa shape index (κ3) is 4.59. The van der Waals surface area contributed by atoms with Crippen molar-refractivity contribution in [1.29, 1.82) is 0 Å². The average Bonchev–Trinajstić information content (AvgIpc) is 3.12. The Hall–Kier alpha value is -2.12. The van der Waals surface area contributed by atoms with Gasteiger partial charge >= 0.3 is 0 Å². The van der Waals surface area contributed by atoms with Gasteiger partial charge in [0.15, 0.2) is 9.84 Å². The van der Waals surface area contributed by atoms with Crippen LogP contribution in [0.25, 0.3) is 6.08 Å². The van der Waals surface area contributed by atoms with Gasteiger partial charge in [0.1, 0.15) is 5.15 Å². The van der Waals surface area contributed by atoms with Crippen LogP contribution in [0.1, 0.15) is 42.2 Å². The highest BCUT2D eigenvalue weighted by Crippen LogP contribution is 2.30. The smallest absolute Gasteiger partial charge is 0.244 e. The Morgan fingerprint density at radius 1 is 1.37 bits per heavy atom. The summed E-state index contributed by atoms with van der Waals surface area (Å²) in [6, 6.07) is 9.31. The monoisotopic (exact) mass is 407 g/mol. The molecule has 1 aliphatic rings. The summed E-state index contributed by atoms with van der Waals surface area (Å²) >= 11 is 6.41. The number of benzene rings is 1. The van der Waals surface area contributed by atoms with Crippen LogP contribution in [0.3, 0.4) is 0 Å². The SMILES string of the molecule is Cc1nn([C@H]2CCS(=O)(=O)C2)c(Cl)c1/C=C/C(=O)N[C@@H](C)c1ccccc1. The normalized spacial score (nSPS) is 20.0. The van der Waals surface area contributed by atoms with Crippen molar-refractivity contribution in [1.82, 2.24) is 15.1 Å². The van der Waals surface area contributed by atoms with E-state index in [4.69, 9.17) is 11.6 Å². The van der Waals surface area contributed by atoms with Gasteiger partial charge in [-0.3, -0.25) is 4.79 Å². The van der Waals surface area contributed by atoms with E-state index in [0.29, 0.717) is 22.8 Å². The lowest BCUT2D eigenvalue weighted by Crippen LogP contribution is -2.24. The number of aryl methyl sites for hydroxylation is 1. The number of rotatable bonds is 5. The molecule has 27 heavy (non-hydrogen) atoms. The van der Waals surface area contributed by atoms with Gasteiger partial charge in [-0.2, -0.15) is 5.10 Å². The molecule has 1 saturated heterocycles. The third-order valence-electron chi connectivity index (χ3n) is 4.68. The van der Waals surface area contributed by atoms with Crippen LogP contribution >= 0.6 is 11.6 Å². The Kier molecular flexibility index (Phi) is 5.72. The van der Waals surface area contributed by atoms with E-state index in [1.165, 1.54) is 6.08 Å². The number of carbonyl (C=O) groups is 1. The van der Waals surface area contributed by atoms with Crippen LogP contribution in [0.2, 0.25) is 5.15 Å². The van der Waals surface area contributed by atoms with Gasteiger partial charge in [-0.05, 0) is 31.9 Å². The van der Waals surface area contributed by atoms with Gasteiger partial charge in [0, 0.05) is 11.6 Å². The molecule has 0 spiro atoms. The molecule has 8 heteroatoms. The molecule has 0 aliphatic carbocycles. The summed E-state index contributed by atoms with van der Waals surface area (Å²) in [4.78, 5) is 12.2. The fraction of sp³-hybridized carbons (Fsp3) is 0.368. The van der Waals surface area contributed by atoms with Gasteiger partial charge in [-0.1, -0.05) is 41.9 Å². The van der Waals surface area contributed by atoms with Gasteiger partial charge < -0.3 is 5.32 Å². The number of amides is 1. The highest BCUT2D eigenvalue weighted by atomic mass is 35.5. The van der Waals surface area contributed by atoms with E-state index in [0.717, 1.165) is 5.56 Å². The lowest BCUT2D eigenvalue weighted by atomic mass is 10.1. The van der Waals surface area contributed by atoms with Crippen LogP contribution in [0.4, 0.5) is 0 Å². The fourth-order valence-electron chi connectivity index (χ4n) is 3.18. The zero-order valence-electron chi connectivity index (χ0n) is 15.2. The van der Waals surface area contributed by atoms with E-state index < -0.39 is 9.84 Å². The first-order valence-electron chi connectivity index (χ1n) is 8.75. The first kappa shape index (κ1) is 19.6.